The van der Waals surface area contributed by atoms with Crippen LogP contribution in [0.4, 0.5) is 0 Å². The van der Waals surface area contributed by atoms with E-state index in [1.165, 1.54) is 18.4 Å². The summed E-state index contributed by atoms with van der Waals surface area (Å²) in [7, 11) is 0. The summed E-state index contributed by atoms with van der Waals surface area (Å²) in [5, 5.41) is 8.30. The Balaban J connectivity index is 2.01. The van der Waals surface area contributed by atoms with E-state index < -0.39 is 0 Å². The molecule has 2 heteroatoms. The minimum absolute atomic E-state index is 0.448. The molecule has 2 atom stereocenters. The lowest BCUT2D eigenvalue weighted by Crippen LogP contribution is -2.48. The fraction of sp³-hybridized carbons (Fsp3) is 0.818. The van der Waals surface area contributed by atoms with Crippen molar-refractivity contribution in [3.63, 3.8) is 0 Å². The summed E-state index contributed by atoms with van der Waals surface area (Å²) in [5.41, 5.74) is 2.00. The third kappa shape index (κ3) is 1.32. The normalized spacial score (nSPS) is 35.2. The number of fused-ring (bicyclic) bond motifs is 1. The van der Waals surface area contributed by atoms with Crippen LogP contribution in [-0.2, 0) is 4.89 Å². The van der Waals surface area contributed by atoms with Gasteiger partial charge < -0.3 is 0 Å². The van der Waals surface area contributed by atoms with Crippen LogP contribution in [0, 0.1) is 17.3 Å². The Kier molecular flexibility index (Phi) is 2.20. The monoisotopic (exact) mass is 182 g/mol. The van der Waals surface area contributed by atoms with Crippen molar-refractivity contribution in [1.82, 2.24) is 0 Å². The highest BCUT2D eigenvalue weighted by Gasteiger charge is 2.50. The molecule has 0 aliphatic heterocycles. The second-order valence-electron chi connectivity index (χ2n) is 4.90. The first-order chi connectivity index (χ1) is 6.16. The van der Waals surface area contributed by atoms with Gasteiger partial charge in [-0.05, 0) is 36.5 Å². The molecule has 0 spiro atoms. The van der Waals surface area contributed by atoms with Crippen molar-refractivity contribution in [2.24, 2.45) is 17.3 Å². The van der Waals surface area contributed by atoms with E-state index in [2.05, 4.69) is 24.8 Å². The molecule has 2 nitrogen and oxygen atoms in total. The minimum atomic E-state index is 0.448. The Morgan fingerprint density at radius 3 is 2.92 bits per heavy atom. The molecule has 74 valence electrons. The third-order valence-electron chi connectivity index (χ3n) is 4.06. The summed E-state index contributed by atoms with van der Waals surface area (Å²) in [6.45, 7) is 5.17. The zero-order valence-electron chi connectivity index (χ0n) is 8.42. The molecule has 3 aliphatic carbocycles. The number of rotatable bonds is 3. The molecule has 0 aromatic carbocycles. The lowest BCUT2D eigenvalue weighted by Gasteiger charge is -2.56. The van der Waals surface area contributed by atoms with Crippen molar-refractivity contribution in [2.45, 2.75) is 33.1 Å². The van der Waals surface area contributed by atoms with E-state index in [1.807, 2.05) is 0 Å². The molecule has 0 heterocycles. The molecule has 1 N–H and O–H groups in total. The van der Waals surface area contributed by atoms with E-state index >= 15 is 0 Å². The second-order valence-corrected chi connectivity index (χ2v) is 4.90. The van der Waals surface area contributed by atoms with Gasteiger partial charge >= 0.3 is 0 Å². The van der Waals surface area contributed by atoms with Gasteiger partial charge in [-0.3, -0.25) is 5.26 Å². The predicted molar refractivity (Wildman–Crippen MR) is 51.3 cm³/mol. The Bertz CT molecular complexity index is 230. The Labute approximate surface area is 79.5 Å². The summed E-state index contributed by atoms with van der Waals surface area (Å²) in [6, 6.07) is 0. The summed E-state index contributed by atoms with van der Waals surface area (Å²) < 4.78 is 0. The lowest BCUT2D eigenvalue weighted by molar-refractivity contribution is -0.241. The second kappa shape index (κ2) is 3.10. The van der Waals surface area contributed by atoms with Gasteiger partial charge in [0.2, 0.25) is 0 Å². The van der Waals surface area contributed by atoms with E-state index in [4.69, 9.17) is 5.26 Å². The Hall–Kier alpha value is -0.340. The Morgan fingerprint density at radius 2 is 2.38 bits per heavy atom. The van der Waals surface area contributed by atoms with Gasteiger partial charge in [-0.2, -0.15) is 0 Å². The molecule has 2 bridgehead atoms. The standard InChI is InChI=1S/C11H18O2/c1-11(2)9-4-3-8(5-6-13-12)10(11)7-9/h3,9-10,12H,4-7H2,1-2H3/t9-,10-/m0/s1. The quantitative estimate of drug-likeness (QED) is 0.413. The van der Waals surface area contributed by atoms with Gasteiger partial charge in [0, 0.05) is 0 Å². The number of hydrogen-bond donors (Lipinski definition) is 1. The van der Waals surface area contributed by atoms with Crippen molar-refractivity contribution in [1.29, 1.82) is 0 Å². The van der Waals surface area contributed by atoms with Crippen molar-refractivity contribution in [3.8, 4) is 0 Å². The zero-order valence-corrected chi connectivity index (χ0v) is 8.42. The SMILES string of the molecule is CC1(C)[C@H]2CC=C(CCOO)[C@@H]1C2. The van der Waals surface area contributed by atoms with Gasteiger partial charge in [-0.25, -0.2) is 4.89 Å². The molecule has 0 radical (unpaired) electrons. The summed E-state index contributed by atoms with van der Waals surface area (Å²) in [6.07, 6.45) is 5.83. The number of allylic oxidation sites excluding steroid dienone is 1. The largest absolute Gasteiger partial charge is 0.252 e. The Morgan fingerprint density at radius 1 is 1.62 bits per heavy atom. The maximum Gasteiger partial charge on any atom is 0.0856 e. The van der Waals surface area contributed by atoms with Crippen LogP contribution in [0.25, 0.3) is 0 Å². The molecular formula is C11H18O2. The first kappa shape index (κ1) is 9.22. The lowest BCUT2D eigenvalue weighted by atomic mass is 9.48. The van der Waals surface area contributed by atoms with E-state index in [0.29, 0.717) is 12.0 Å². The van der Waals surface area contributed by atoms with Crippen LogP contribution < -0.4 is 0 Å². The van der Waals surface area contributed by atoms with Crippen molar-refractivity contribution >= 4 is 0 Å². The van der Waals surface area contributed by atoms with Gasteiger partial charge in [-0.15, -0.1) is 0 Å². The van der Waals surface area contributed by atoms with Crippen LogP contribution in [0.1, 0.15) is 33.1 Å². The fourth-order valence-corrected chi connectivity index (χ4v) is 2.92. The molecule has 13 heavy (non-hydrogen) atoms. The number of hydrogen-bond acceptors (Lipinski definition) is 2. The average molecular weight is 182 g/mol. The van der Waals surface area contributed by atoms with Crippen molar-refractivity contribution in [2.75, 3.05) is 6.61 Å². The molecule has 1 saturated carbocycles. The van der Waals surface area contributed by atoms with Gasteiger partial charge in [-0.1, -0.05) is 25.5 Å². The predicted octanol–water partition coefficient (Wildman–Crippen LogP) is 2.86. The highest BCUT2D eigenvalue weighted by Crippen LogP contribution is 2.59. The molecule has 3 rings (SSSR count). The van der Waals surface area contributed by atoms with Gasteiger partial charge in [0.1, 0.15) is 0 Å². The van der Waals surface area contributed by atoms with Crippen LogP contribution in [-0.4, -0.2) is 11.9 Å². The molecule has 1 fully saturated rings. The van der Waals surface area contributed by atoms with Gasteiger partial charge in [0.25, 0.3) is 0 Å². The zero-order chi connectivity index (χ0) is 9.47. The smallest absolute Gasteiger partial charge is 0.0856 e. The molecular weight excluding hydrogens is 164 g/mol. The summed E-state index contributed by atoms with van der Waals surface area (Å²) in [5.74, 6) is 1.65. The molecule has 0 aromatic heterocycles. The topological polar surface area (TPSA) is 29.5 Å². The summed E-state index contributed by atoms with van der Waals surface area (Å²) >= 11 is 0. The van der Waals surface area contributed by atoms with Gasteiger partial charge in [0.15, 0.2) is 0 Å². The molecule has 3 aliphatic rings. The van der Waals surface area contributed by atoms with E-state index in [-0.39, 0.29) is 0 Å². The highest BCUT2D eigenvalue weighted by molar-refractivity contribution is 5.23. The first-order valence-corrected chi connectivity index (χ1v) is 5.11. The maximum absolute atomic E-state index is 8.30. The summed E-state index contributed by atoms with van der Waals surface area (Å²) in [4.78, 5) is 4.14. The molecule has 0 amide bonds. The van der Waals surface area contributed by atoms with E-state index in [9.17, 15) is 0 Å². The third-order valence-corrected chi connectivity index (χ3v) is 4.06. The van der Waals surface area contributed by atoms with Crippen LogP contribution in [0.15, 0.2) is 11.6 Å². The average Bonchev–Trinajstić information content (AvgIpc) is 2.14. The van der Waals surface area contributed by atoms with Crippen LogP contribution >= 0.6 is 0 Å². The molecule has 0 unspecified atom stereocenters. The van der Waals surface area contributed by atoms with Crippen LogP contribution in [0.2, 0.25) is 0 Å². The first-order valence-electron chi connectivity index (χ1n) is 5.11. The van der Waals surface area contributed by atoms with E-state index in [1.54, 1.807) is 0 Å². The minimum Gasteiger partial charge on any atom is -0.252 e. The van der Waals surface area contributed by atoms with Crippen LogP contribution in [0.3, 0.4) is 0 Å². The van der Waals surface area contributed by atoms with Gasteiger partial charge in [0.05, 0.1) is 6.61 Å². The molecule has 0 aromatic rings. The van der Waals surface area contributed by atoms with E-state index in [0.717, 1.165) is 18.3 Å². The fourth-order valence-electron chi connectivity index (χ4n) is 2.92. The van der Waals surface area contributed by atoms with Crippen molar-refractivity contribution in [3.05, 3.63) is 11.6 Å². The van der Waals surface area contributed by atoms with Crippen molar-refractivity contribution < 1.29 is 10.1 Å². The maximum atomic E-state index is 8.30. The highest BCUT2D eigenvalue weighted by atomic mass is 17.1. The van der Waals surface area contributed by atoms with Crippen LogP contribution in [0.5, 0.6) is 0 Å². The molecule has 0 saturated heterocycles.